The lowest BCUT2D eigenvalue weighted by molar-refractivity contribution is -0.145. The second-order valence-electron chi connectivity index (χ2n) is 7.17. The van der Waals surface area contributed by atoms with Crippen LogP contribution < -0.4 is 4.74 Å². The first kappa shape index (κ1) is 20.8. The zero-order chi connectivity index (χ0) is 21.6. The standard InChI is InChI=1S/C25H21FO5/c26-21-13-19(15-29-23(28)12-11-22(27)17-7-3-1-4-8-17)24-20(14-21)16-30-25(31-24)18-9-5-2-6-10-18/h1-10,13-14,25H,11-12,15-16H2/t25-/m0/s1. The fourth-order valence-electron chi connectivity index (χ4n) is 3.37. The number of ether oxygens (including phenoxy) is 3. The summed E-state index contributed by atoms with van der Waals surface area (Å²) < 4.78 is 31.0. The summed E-state index contributed by atoms with van der Waals surface area (Å²) in [6, 6.07) is 20.8. The SMILES string of the molecule is O=C(CCC(=O)c1ccccc1)OCc1cc(F)cc2c1O[C@@H](c1ccccc1)OC2. The maximum Gasteiger partial charge on any atom is 0.306 e. The molecule has 1 atom stereocenters. The highest BCUT2D eigenvalue weighted by Gasteiger charge is 2.25. The van der Waals surface area contributed by atoms with Gasteiger partial charge in [-0.15, -0.1) is 0 Å². The van der Waals surface area contributed by atoms with Crippen molar-refractivity contribution in [3.8, 4) is 5.75 Å². The largest absolute Gasteiger partial charge is 0.461 e. The maximum absolute atomic E-state index is 14.0. The summed E-state index contributed by atoms with van der Waals surface area (Å²) in [5.74, 6) is -0.676. The van der Waals surface area contributed by atoms with E-state index in [1.807, 2.05) is 36.4 Å². The molecule has 0 saturated heterocycles. The van der Waals surface area contributed by atoms with Gasteiger partial charge < -0.3 is 14.2 Å². The third-order valence-electron chi connectivity index (χ3n) is 4.93. The van der Waals surface area contributed by atoms with Gasteiger partial charge in [-0.2, -0.15) is 0 Å². The molecule has 0 fully saturated rings. The number of fused-ring (bicyclic) bond motifs is 1. The number of rotatable bonds is 7. The normalized spacial score (nSPS) is 14.9. The molecular formula is C25H21FO5. The fraction of sp³-hybridized carbons (Fsp3) is 0.200. The first-order valence-corrected chi connectivity index (χ1v) is 9.98. The Labute approximate surface area is 179 Å². The third kappa shape index (κ3) is 5.16. The number of hydrogen-bond acceptors (Lipinski definition) is 5. The quantitative estimate of drug-likeness (QED) is 0.391. The summed E-state index contributed by atoms with van der Waals surface area (Å²) in [5.41, 5.74) is 2.36. The number of carbonyl (C=O) groups is 2. The summed E-state index contributed by atoms with van der Waals surface area (Å²) >= 11 is 0. The van der Waals surface area contributed by atoms with Crippen molar-refractivity contribution in [1.82, 2.24) is 0 Å². The highest BCUT2D eigenvalue weighted by molar-refractivity contribution is 5.97. The molecule has 0 amide bonds. The maximum atomic E-state index is 14.0. The van der Waals surface area contributed by atoms with Gasteiger partial charge in [0.2, 0.25) is 6.29 Å². The van der Waals surface area contributed by atoms with E-state index in [-0.39, 0.29) is 31.8 Å². The van der Waals surface area contributed by atoms with Gasteiger partial charge in [0.1, 0.15) is 18.2 Å². The number of halogens is 1. The predicted octanol–water partition coefficient (Wildman–Crippen LogP) is 5.14. The third-order valence-corrected chi connectivity index (χ3v) is 4.93. The molecule has 6 heteroatoms. The lowest BCUT2D eigenvalue weighted by atomic mass is 10.1. The number of esters is 1. The number of carbonyl (C=O) groups excluding carboxylic acids is 2. The van der Waals surface area contributed by atoms with Crippen LogP contribution in [0.4, 0.5) is 4.39 Å². The molecule has 4 rings (SSSR count). The van der Waals surface area contributed by atoms with Gasteiger partial charge in [-0.05, 0) is 12.1 Å². The second-order valence-corrected chi connectivity index (χ2v) is 7.17. The zero-order valence-corrected chi connectivity index (χ0v) is 16.8. The van der Waals surface area contributed by atoms with Crippen molar-refractivity contribution in [1.29, 1.82) is 0 Å². The highest BCUT2D eigenvalue weighted by Crippen LogP contribution is 2.36. The van der Waals surface area contributed by atoms with Crippen LogP contribution in [0.1, 0.15) is 46.2 Å². The van der Waals surface area contributed by atoms with Crippen LogP contribution in [-0.2, 0) is 27.5 Å². The van der Waals surface area contributed by atoms with Crippen LogP contribution in [0.15, 0.2) is 72.8 Å². The molecular weight excluding hydrogens is 399 g/mol. The molecule has 0 unspecified atom stereocenters. The van der Waals surface area contributed by atoms with E-state index in [9.17, 15) is 14.0 Å². The van der Waals surface area contributed by atoms with E-state index in [0.29, 0.717) is 22.4 Å². The van der Waals surface area contributed by atoms with E-state index in [1.165, 1.54) is 12.1 Å². The van der Waals surface area contributed by atoms with Crippen molar-refractivity contribution in [2.75, 3.05) is 0 Å². The van der Waals surface area contributed by atoms with Crippen molar-refractivity contribution < 1.29 is 28.2 Å². The van der Waals surface area contributed by atoms with Gasteiger partial charge in [-0.25, -0.2) is 4.39 Å². The molecule has 31 heavy (non-hydrogen) atoms. The summed E-state index contributed by atoms with van der Waals surface area (Å²) in [7, 11) is 0. The Kier molecular flexibility index (Phi) is 6.38. The Morgan fingerprint density at radius 1 is 0.968 bits per heavy atom. The van der Waals surface area contributed by atoms with Gasteiger partial charge >= 0.3 is 5.97 Å². The van der Waals surface area contributed by atoms with E-state index >= 15 is 0 Å². The summed E-state index contributed by atoms with van der Waals surface area (Å²) in [4.78, 5) is 24.3. The summed E-state index contributed by atoms with van der Waals surface area (Å²) in [5, 5.41) is 0. The molecule has 3 aromatic rings. The average molecular weight is 420 g/mol. The lowest BCUT2D eigenvalue weighted by Gasteiger charge is -2.28. The molecule has 0 N–H and O–H groups in total. The minimum Gasteiger partial charge on any atom is -0.461 e. The van der Waals surface area contributed by atoms with Gasteiger partial charge in [0.25, 0.3) is 0 Å². The summed E-state index contributed by atoms with van der Waals surface area (Å²) in [6.07, 6.45) is -0.635. The van der Waals surface area contributed by atoms with E-state index in [0.717, 1.165) is 5.56 Å². The topological polar surface area (TPSA) is 61.8 Å². The predicted molar refractivity (Wildman–Crippen MR) is 111 cm³/mol. The molecule has 3 aromatic carbocycles. The monoisotopic (exact) mass is 420 g/mol. The van der Waals surface area contributed by atoms with Crippen molar-refractivity contribution in [2.45, 2.75) is 32.3 Å². The van der Waals surface area contributed by atoms with Crippen molar-refractivity contribution in [3.63, 3.8) is 0 Å². The number of benzene rings is 3. The fourth-order valence-corrected chi connectivity index (χ4v) is 3.37. The average Bonchev–Trinajstić information content (AvgIpc) is 2.81. The Balaban J connectivity index is 1.39. The van der Waals surface area contributed by atoms with Crippen LogP contribution in [0.3, 0.4) is 0 Å². The minimum absolute atomic E-state index is 0.0462. The van der Waals surface area contributed by atoms with Crippen molar-refractivity contribution in [2.24, 2.45) is 0 Å². The Morgan fingerprint density at radius 3 is 2.42 bits per heavy atom. The van der Waals surface area contributed by atoms with Crippen molar-refractivity contribution in [3.05, 3.63) is 101 Å². The van der Waals surface area contributed by atoms with Gasteiger partial charge in [0.05, 0.1) is 13.0 Å². The van der Waals surface area contributed by atoms with Gasteiger partial charge in [-0.3, -0.25) is 9.59 Å². The van der Waals surface area contributed by atoms with Crippen LogP contribution in [0.25, 0.3) is 0 Å². The second kappa shape index (κ2) is 9.53. The Hall–Kier alpha value is -3.51. The molecule has 0 aromatic heterocycles. The minimum atomic E-state index is -0.628. The number of ketones is 1. The van der Waals surface area contributed by atoms with Crippen LogP contribution in [0, 0.1) is 5.82 Å². The lowest BCUT2D eigenvalue weighted by Crippen LogP contribution is -2.20. The smallest absolute Gasteiger partial charge is 0.306 e. The summed E-state index contributed by atoms with van der Waals surface area (Å²) in [6.45, 7) is 0.0269. The Morgan fingerprint density at radius 2 is 1.68 bits per heavy atom. The van der Waals surface area contributed by atoms with Crippen molar-refractivity contribution >= 4 is 11.8 Å². The first-order valence-electron chi connectivity index (χ1n) is 9.98. The Bertz CT molecular complexity index is 1070. The van der Waals surface area contributed by atoms with Crippen LogP contribution in [0.2, 0.25) is 0 Å². The van der Waals surface area contributed by atoms with Crippen LogP contribution >= 0.6 is 0 Å². The molecule has 0 bridgehead atoms. The number of Topliss-reactive ketones (excluding diaryl/α,β-unsaturated/α-hetero) is 1. The van der Waals surface area contributed by atoms with E-state index in [4.69, 9.17) is 14.2 Å². The molecule has 0 spiro atoms. The van der Waals surface area contributed by atoms with Gasteiger partial charge in [-0.1, -0.05) is 60.7 Å². The van der Waals surface area contributed by atoms with Crippen LogP contribution in [0.5, 0.6) is 5.75 Å². The van der Waals surface area contributed by atoms with Gasteiger partial charge in [0.15, 0.2) is 5.78 Å². The molecule has 0 aliphatic carbocycles. The highest BCUT2D eigenvalue weighted by atomic mass is 19.1. The first-order chi connectivity index (χ1) is 15.1. The molecule has 5 nitrogen and oxygen atoms in total. The molecule has 158 valence electrons. The zero-order valence-electron chi connectivity index (χ0n) is 16.8. The van der Waals surface area contributed by atoms with E-state index in [1.54, 1.807) is 24.3 Å². The van der Waals surface area contributed by atoms with Crippen LogP contribution in [-0.4, -0.2) is 11.8 Å². The molecule has 0 saturated carbocycles. The van der Waals surface area contributed by atoms with E-state index in [2.05, 4.69) is 0 Å². The van der Waals surface area contributed by atoms with E-state index < -0.39 is 18.1 Å². The molecule has 1 aliphatic rings. The number of hydrogen-bond donors (Lipinski definition) is 0. The molecule has 0 radical (unpaired) electrons. The molecule has 1 aliphatic heterocycles. The molecule has 1 heterocycles. The van der Waals surface area contributed by atoms with Gasteiger partial charge in [0, 0.05) is 28.7 Å².